The highest BCUT2D eigenvalue weighted by Gasteiger charge is 2.23. The Kier molecular flexibility index (Phi) is 13.7. The second-order valence-corrected chi connectivity index (χ2v) is 11.4. The third-order valence-corrected chi connectivity index (χ3v) is 6.81. The van der Waals surface area contributed by atoms with E-state index in [4.69, 9.17) is 25.7 Å². The lowest BCUT2D eigenvalue weighted by Gasteiger charge is -2.22. The topological polar surface area (TPSA) is 187 Å². The number of carbonyl (C=O) groups is 2. The molecule has 1 aliphatic carbocycles. The maximum Gasteiger partial charge on any atom is 0.460 e. The summed E-state index contributed by atoms with van der Waals surface area (Å²) in [5.41, 5.74) is 12.3. The smallest absolute Gasteiger partial charge is 0.460 e. The summed E-state index contributed by atoms with van der Waals surface area (Å²) < 4.78 is 29.8. The summed E-state index contributed by atoms with van der Waals surface area (Å²) in [5, 5.41) is 2.81. The normalized spacial score (nSPS) is 16.6. The third-order valence-electron chi connectivity index (χ3n) is 5.89. The van der Waals surface area contributed by atoms with Gasteiger partial charge in [-0.15, -0.1) is 5.09 Å². The zero-order chi connectivity index (χ0) is 28.9. The second-order valence-electron chi connectivity index (χ2n) is 10.0. The van der Waals surface area contributed by atoms with E-state index in [1.807, 2.05) is 11.5 Å². The number of hydrogen-bond acceptors (Lipinski definition) is 11. The van der Waals surface area contributed by atoms with Crippen LogP contribution in [0.15, 0.2) is 12.7 Å². The van der Waals surface area contributed by atoms with Crippen LogP contribution < -0.4 is 16.6 Å². The molecule has 3 rings (SSSR count). The lowest BCUT2D eigenvalue weighted by molar-refractivity contribution is -0.152. The van der Waals surface area contributed by atoms with E-state index in [2.05, 4.69) is 20.0 Å². The Morgan fingerprint density at radius 2 is 1.79 bits per heavy atom. The number of carbonyl (C=O) groups excluding carboxylic acids is 2. The van der Waals surface area contributed by atoms with E-state index in [0.29, 0.717) is 23.5 Å². The van der Waals surface area contributed by atoms with Crippen LogP contribution in [0.3, 0.4) is 0 Å². The SMILES string of the molecule is CC(C)OC(=O)C(C)CN[P+](=O)COC(C)Cn1cnc2c(N)ncnc21.CC(N)C(=O)OC1CCCCC1. The van der Waals surface area contributed by atoms with Gasteiger partial charge >= 0.3 is 19.9 Å². The first kappa shape index (κ1) is 32.5. The minimum Gasteiger partial charge on any atom is -0.463 e. The highest BCUT2D eigenvalue weighted by atomic mass is 31.1. The van der Waals surface area contributed by atoms with E-state index in [1.54, 1.807) is 34.0 Å². The Morgan fingerprint density at radius 1 is 1.10 bits per heavy atom. The first-order chi connectivity index (χ1) is 18.5. The summed E-state index contributed by atoms with van der Waals surface area (Å²) in [6.07, 6.45) is 8.44. The first-order valence-electron chi connectivity index (χ1n) is 13.4. The minimum absolute atomic E-state index is 0.0339. The van der Waals surface area contributed by atoms with Gasteiger partial charge in [0.05, 0.1) is 37.5 Å². The van der Waals surface area contributed by atoms with Gasteiger partial charge < -0.3 is 30.2 Å². The molecule has 1 saturated carbocycles. The number of fused-ring (bicyclic) bond motifs is 1. The fourth-order valence-electron chi connectivity index (χ4n) is 3.73. The Balaban J connectivity index is 0.000000370. The van der Waals surface area contributed by atoms with Gasteiger partial charge in [0.2, 0.25) is 0 Å². The Morgan fingerprint density at radius 3 is 2.44 bits per heavy atom. The van der Waals surface area contributed by atoms with E-state index in [9.17, 15) is 14.2 Å². The van der Waals surface area contributed by atoms with E-state index in [1.165, 1.54) is 25.6 Å². The van der Waals surface area contributed by atoms with E-state index in [-0.39, 0.29) is 49.1 Å². The number of aromatic nitrogens is 4. The molecule has 0 radical (unpaired) electrons. The van der Waals surface area contributed by atoms with Crippen molar-refractivity contribution in [1.82, 2.24) is 24.6 Å². The molecule has 0 aliphatic heterocycles. The number of nitrogen functional groups attached to an aromatic ring is 1. The van der Waals surface area contributed by atoms with E-state index >= 15 is 0 Å². The number of imidazole rings is 1. The standard InChI is InChI=1S/C16H26N6O4P.C9H17NO2/c1-10(2)26-16(23)11(3)5-21-27(24)9-25-12(4)6-22-8-20-13-14(17)18-7-19-15(13)22;1-7(10)9(11)12-8-5-3-2-4-6-8/h7-8,10-12H,5-6,9H2,1-4H3,(H,21,24)(H2,17,18,19);7-8H,2-6,10H2,1H3/q+1;. The number of nitrogens with two attached hydrogens (primary N) is 2. The number of ether oxygens (including phenoxy) is 3. The van der Waals surface area contributed by atoms with Crippen molar-refractivity contribution in [2.45, 2.75) is 97.6 Å². The van der Waals surface area contributed by atoms with Crippen molar-refractivity contribution in [3.63, 3.8) is 0 Å². The first-order valence-corrected chi connectivity index (χ1v) is 14.8. The molecule has 14 heteroatoms. The number of rotatable bonds is 12. The van der Waals surface area contributed by atoms with Crippen molar-refractivity contribution < 1.29 is 28.4 Å². The fraction of sp³-hybridized carbons (Fsp3) is 0.720. The van der Waals surface area contributed by atoms with Crippen LogP contribution in [0.5, 0.6) is 0 Å². The molecule has 0 saturated heterocycles. The summed E-state index contributed by atoms with van der Waals surface area (Å²) in [4.78, 5) is 35.1. The molecule has 39 heavy (non-hydrogen) atoms. The molecule has 2 aromatic heterocycles. The Labute approximate surface area is 230 Å². The third kappa shape index (κ3) is 11.5. The van der Waals surface area contributed by atoms with Gasteiger partial charge in [-0.2, -0.15) is 0 Å². The monoisotopic (exact) mass is 568 g/mol. The molecule has 4 unspecified atom stereocenters. The zero-order valence-electron chi connectivity index (χ0n) is 23.5. The number of nitrogens with one attached hydrogen (secondary N) is 1. The lowest BCUT2D eigenvalue weighted by atomic mass is 9.98. The number of anilines is 1. The molecule has 5 N–H and O–H groups in total. The Bertz CT molecular complexity index is 1070. The zero-order valence-corrected chi connectivity index (χ0v) is 24.4. The minimum atomic E-state index is -1.79. The van der Waals surface area contributed by atoms with Gasteiger partial charge in [-0.05, 0) is 57.9 Å². The summed E-state index contributed by atoms with van der Waals surface area (Å²) in [5.74, 6) is -0.638. The van der Waals surface area contributed by atoms with Crippen LogP contribution >= 0.6 is 7.95 Å². The predicted molar refractivity (Wildman–Crippen MR) is 148 cm³/mol. The molecule has 1 fully saturated rings. The van der Waals surface area contributed by atoms with Gasteiger partial charge in [-0.3, -0.25) is 9.59 Å². The summed E-state index contributed by atoms with van der Waals surface area (Å²) in [6, 6.07) is -0.480. The van der Waals surface area contributed by atoms with Crippen molar-refractivity contribution in [3.05, 3.63) is 12.7 Å². The average molecular weight is 569 g/mol. The van der Waals surface area contributed by atoms with Crippen LogP contribution in [0.1, 0.15) is 66.7 Å². The second kappa shape index (κ2) is 16.4. The summed E-state index contributed by atoms with van der Waals surface area (Å²) in [7, 11) is -1.79. The summed E-state index contributed by atoms with van der Waals surface area (Å²) >= 11 is 0. The van der Waals surface area contributed by atoms with Crippen LogP contribution in [-0.4, -0.2) is 68.7 Å². The lowest BCUT2D eigenvalue weighted by Crippen LogP contribution is -2.32. The number of hydrogen-bond donors (Lipinski definition) is 3. The number of nitrogens with zero attached hydrogens (tertiary/aromatic N) is 4. The molecular formula is C25H43N7O6P+. The van der Waals surface area contributed by atoms with Crippen LogP contribution in [0, 0.1) is 5.92 Å². The molecule has 0 aromatic carbocycles. The molecule has 1 aliphatic rings. The molecular weight excluding hydrogens is 525 g/mol. The molecule has 4 atom stereocenters. The van der Waals surface area contributed by atoms with E-state index in [0.717, 1.165) is 12.8 Å². The van der Waals surface area contributed by atoms with Gasteiger partial charge in [0.1, 0.15) is 24.0 Å². The molecule has 0 spiro atoms. The van der Waals surface area contributed by atoms with Crippen molar-refractivity contribution in [2.75, 3.05) is 18.6 Å². The average Bonchev–Trinajstić information content (AvgIpc) is 3.30. The predicted octanol–water partition coefficient (Wildman–Crippen LogP) is 2.90. The van der Waals surface area contributed by atoms with Crippen molar-refractivity contribution >= 4 is 36.9 Å². The van der Waals surface area contributed by atoms with Gasteiger partial charge in [0.15, 0.2) is 11.5 Å². The maximum atomic E-state index is 12.1. The van der Waals surface area contributed by atoms with Crippen LogP contribution in [0.4, 0.5) is 5.82 Å². The summed E-state index contributed by atoms with van der Waals surface area (Å²) in [6.45, 7) is 9.57. The van der Waals surface area contributed by atoms with Gasteiger partial charge in [-0.1, -0.05) is 13.3 Å². The molecule has 13 nitrogen and oxygen atoms in total. The molecule has 2 heterocycles. The highest BCUT2D eigenvalue weighted by molar-refractivity contribution is 7.42. The molecule has 2 aromatic rings. The van der Waals surface area contributed by atoms with Crippen LogP contribution in [0.25, 0.3) is 11.2 Å². The Hall–Kier alpha value is -2.73. The van der Waals surface area contributed by atoms with E-state index < -0.39 is 14.0 Å². The van der Waals surface area contributed by atoms with Crippen molar-refractivity contribution in [1.29, 1.82) is 0 Å². The fourth-order valence-corrected chi connectivity index (χ4v) is 4.69. The maximum absolute atomic E-state index is 12.1. The molecule has 0 amide bonds. The number of esters is 2. The molecule has 218 valence electrons. The van der Waals surface area contributed by atoms with Gasteiger partial charge in [-0.25, -0.2) is 15.0 Å². The largest absolute Gasteiger partial charge is 0.463 e. The highest BCUT2D eigenvalue weighted by Crippen LogP contribution is 2.21. The van der Waals surface area contributed by atoms with Gasteiger partial charge in [0.25, 0.3) is 6.35 Å². The van der Waals surface area contributed by atoms with Crippen molar-refractivity contribution in [2.24, 2.45) is 11.7 Å². The quantitative estimate of drug-likeness (QED) is 0.251. The van der Waals surface area contributed by atoms with Crippen LogP contribution in [0.2, 0.25) is 0 Å². The molecule has 0 bridgehead atoms. The van der Waals surface area contributed by atoms with Gasteiger partial charge in [0, 0.05) is 0 Å². The van der Waals surface area contributed by atoms with Crippen molar-refractivity contribution in [3.8, 4) is 0 Å². The van der Waals surface area contributed by atoms with Crippen LogP contribution in [-0.2, 0) is 34.9 Å².